The minimum absolute atomic E-state index is 0.0396. The van der Waals surface area contributed by atoms with Gasteiger partial charge in [0.25, 0.3) is 10.0 Å². The first-order valence-electron chi connectivity index (χ1n) is 8.19. The van der Waals surface area contributed by atoms with Crippen LogP contribution in [0.4, 0.5) is 5.13 Å². The monoisotopic (exact) mass is 413 g/mol. The Morgan fingerprint density at radius 3 is 2.85 bits per heavy atom. The quantitative estimate of drug-likeness (QED) is 0.631. The molecule has 9 nitrogen and oxygen atoms in total. The predicted octanol–water partition coefficient (Wildman–Crippen LogP) is 1.40. The van der Waals surface area contributed by atoms with Gasteiger partial charge in [0.2, 0.25) is 11.0 Å². The molecular formula is C16H19N3O6S2. The van der Waals surface area contributed by atoms with Gasteiger partial charge in [-0.15, -0.1) is 11.3 Å². The number of sulfonamides is 1. The summed E-state index contributed by atoms with van der Waals surface area (Å²) in [4.78, 5) is 29.6. The van der Waals surface area contributed by atoms with E-state index >= 15 is 0 Å². The number of hydrogen-bond donors (Lipinski definition) is 0. The Morgan fingerprint density at radius 1 is 1.41 bits per heavy atom. The third-order valence-corrected chi connectivity index (χ3v) is 6.52. The summed E-state index contributed by atoms with van der Waals surface area (Å²) >= 11 is 1.31. The maximum atomic E-state index is 12.0. The van der Waals surface area contributed by atoms with Crippen LogP contribution in [0.3, 0.4) is 0 Å². The summed E-state index contributed by atoms with van der Waals surface area (Å²) in [6.45, 7) is 0.469. The smallest absolute Gasteiger partial charge is 0.312 e. The molecule has 2 aromatic heterocycles. The average Bonchev–Trinajstić information content (AvgIpc) is 3.33. The lowest BCUT2D eigenvalue weighted by molar-refractivity contribution is -0.144. The highest BCUT2D eigenvalue weighted by Gasteiger charge is 2.25. The minimum atomic E-state index is -3.67. The van der Waals surface area contributed by atoms with Crippen LogP contribution in [0.2, 0.25) is 0 Å². The summed E-state index contributed by atoms with van der Waals surface area (Å²) in [6.07, 6.45) is 1.29. The fraction of sp³-hybridized carbons (Fsp3) is 0.438. The van der Waals surface area contributed by atoms with Gasteiger partial charge in [0.15, 0.2) is 5.13 Å². The second-order valence-corrected chi connectivity index (χ2v) is 9.04. The van der Waals surface area contributed by atoms with E-state index in [1.165, 1.54) is 37.6 Å². The number of ether oxygens (including phenoxy) is 1. The van der Waals surface area contributed by atoms with E-state index in [1.54, 1.807) is 10.3 Å². The van der Waals surface area contributed by atoms with E-state index in [4.69, 9.17) is 9.15 Å². The van der Waals surface area contributed by atoms with Gasteiger partial charge in [0, 0.05) is 32.4 Å². The molecule has 1 saturated heterocycles. The number of aromatic nitrogens is 1. The van der Waals surface area contributed by atoms with E-state index in [1.807, 2.05) is 0 Å². The van der Waals surface area contributed by atoms with Gasteiger partial charge >= 0.3 is 5.97 Å². The predicted molar refractivity (Wildman–Crippen MR) is 96.8 cm³/mol. The Balaban J connectivity index is 1.54. The van der Waals surface area contributed by atoms with Crippen LogP contribution >= 0.6 is 11.3 Å². The molecule has 1 aliphatic rings. The van der Waals surface area contributed by atoms with Crippen LogP contribution in [0.1, 0.15) is 24.3 Å². The summed E-state index contributed by atoms with van der Waals surface area (Å²) in [5.41, 5.74) is 0.523. The van der Waals surface area contributed by atoms with Crippen LogP contribution < -0.4 is 4.90 Å². The number of nitrogens with zero attached hydrogens (tertiary/aromatic N) is 3. The number of hydrogen-bond acceptors (Lipinski definition) is 8. The Kier molecular flexibility index (Phi) is 5.63. The molecule has 0 spiro atoms. The molecule has 3 heterocycles. The molecule has 0 unspecified atom stereocenters. The highest BCUT2D eigenvalue weighted by Crippen LogP contribution is 2.25. The van der Waals surface area contributed by atoms with Crippen molar-refractivity contribution in [2.24, 2.45) is 0 Å². The number of esters is 1. The zero-order valence-electron chi connectivity index (χ0n) is 14.9. The van der Waals surface area contributed by atoms with Crippen molar-refractivity contribution in [3.8, 4) is 0 Å². The highest BCUT2D eigenvalue weighted by molar-refractivity contribution is 7.88. The van der Waals surface area contributed by atoms with E-state index in [-0.39, 0.29) is 29.8 Å². The van der Waals surface area contributed by atoms with Crippen LogP contribution in [0, 0.1) is 0 Å². The molecule has 0 bridgehead atoms. The third kappa shape index (κ3) is 4.37. The van der Waals surface area contributed by atoms with Crippen LogP contribution in [-0.4, -0.2) is 50.2 Å². The fourth-order valence-electron chi connectivity index (χ4n) is 2.46. The largest absolute Gasteiger partial charge is 0.457 e. The number of rotatable bonds is 7. The first-order chi connectivity index (χ1) is 12.8. The molecule has 3 rings (SSSR count). The van der Waals surface area contributed by atoms with Crippen LogP contribution in [-0.2, 0) is 37.4 Å². The lowest BCUT2D eigenvalue weighted by Gasteiger charge is -2.10. The number of thiazole rings is 1. The summed E-state index contributed by atoms with van der Waals surface area (Å²) in [5, 5.41) is 2.10. The SMILES string of the molecule is CN(C)S(=O)(=O)c1ccc(COC(=O)Cc2csc(N3CCCC3=O)n2)o1. The number of furan rings is 1. The van der Waals surface area contributed by atoms with Gasteiger partial charge in [-0.1, -0.05) is 0 Å². The third-order valence-electron chi connectivity index (χ3n) is 3.92. The minimum Gasteiger partial charge on any atom is -0.457 e. The van der Waals surface area contributed by atoms with E-state index in [0.717, 1.165) is 10.7 Å². The molecular weight excluding hydrogens is 394 g/mol. The fourth-order valence-corrected chi connectivity index (χ4v) is 4.14. The van der Waals surface area contributed by atoms with Gasteiger partial charge < -0.3 is 9.15 Å². The lowest BCUT2D eigenvalue weighted by atomic mass is 10.3. The summed E-state index contributed by atoms with van der Waals surface area (Å²) in [5.74, 6) is -0.252. The van der Waals surface area contributed by atoms with E-state index in [0.29, 0.717) is 23.8 Å². The van der Waals surface area contributed by atoms with Crippen molar-refractivity contribution in [1.29, 1.82) is 0 Å². The van der Waals surface area contributed by atoms with Crippen molar-refractivity contribution < 1.29 is 27.2 Å². The molecule has 27 heavy (non-hydrogen) atoms. The normalized spacial score (nSPS) is 14.9. The number of carbonyl (C=O) groups is 2. The maximum absolute atomic E-state index is 12.0. The number of anilines is 1. The van der Waals surface area contributed by atoms with Crippen LogP contribution in [0.5, 0.6) is 0 Å². The summed E-state index contributed by atoms with van der Waals surface area (Å²) in [6, 6.07) is 2.77. The van der Waals surface area contributed by atoms with Crippen molar-refractivity contribution in [2.75, 3.05) is 25.5 Å². The molecule has 1 amide bonds. The zero-order valence-corrected chi connectivity index (χ0v) is 16.5. The molecule has 1 fully saturated rings. The maximum Gasteiger partial charge on any atom is 0.312 e. The van der Waals surface area contributed by atoms with Gasteiger partial charge in [0.05, 0.1) is 12.1 Å². The molecule has 0 radical (unpaired) electrons. The van der Waals surface area contributed by atoms with Gasteiger partial charge in [-0.05, 0) is 18.6 Å². The number of amides is 1. The second-order valence-electron chi connectivity index (χ2n) is 6.12. The molecule has 0 N–H and O–H groups in total. The van der Waals surface area contributed by atoms with E-state index in [2.05, 4.69) is 4.98 Å². The Hall–Kier alpha value is -2.24. The molecule has 0 aromatic carbocycles. The first-order valence-corrected chi connectivity index (χ1v) is 10.5. The van der Waals surface area contributed by atoms with Crippen molar-refractivity contribution in [3.63, 3.8) is 0 Å². The molecule has 2 aromatic rings. The standard InChI is InChI=1S/C16H19N3O6S2/c1-18(2)27(22,23)15-6-5-12(25-15)9-24-14(21)8-11-10-26-16(17-11)19-7-3-4-13(19)20/h5-6,10H,3-4,7-9H2,1-2H3. The highest BCUT2D eigenvalue weighted by atomic mass is 32.2. The lowest BCUT2D eigenvalue weighted by Crippen LogP contribution is -2.23. The zero-order chi connectivity index (χ0) is 19.6. The molecule has 146 valence electrons. The Labute approximate surface area is 160 Å². The van der Waals surface area contributed by atoms with E-state index < -0.39 is 16.0 Å². The van der Waals surface area contributed by atoms with E-state index in [9.17, 15) is 18.0 Å². The van der Waals surface area contributed by atoms with Gasteiger partial charge in [-0.25, -0.2) is 17.7 Å². The van der Waals surface area contributed by atoms with Crippen molar-refractivity contribution in [3.05, 3.63) is 29.0 Å². The molecule has 0 aliphatic carbocycles. The molecule has 11 heteroatoms. The molecule has 0 saturated carbocycles. The second kappa shape index (κ2) is 7.79. The van der Waals surface area contributed by atoms with Crippen molar-refractivity contribution in [1.82, 2.24) is 9.29 Å². The van der Waals surface area contributed by atoms with Crippen LogP contribution in [0.25, 0.3) is 0 Å². The van der Waals surface area contributed by atoms with Gasteiger partial charge in [-0.2, -0.15) is 0 Å². The van der Waals surface area contributed by atoms with Crippen LogP contribution in [0.15, 0.2) is 27.0 Å². The molecule has 0 atom stereocenters. The topological polar surface area (TPSA) is 110 Å². The van der Waals surface area contributed by atoms with Crippen molar-refractivity contribution >= 4 is 38.4 Å². The average molecular weight is 413 g/mol. The summed E-state index contributed by atoms with van der Waals surface area (Å²) in [7, 11) is -0.871. The molecule has 1 aliphatic heterocycles. The van der Waals surface area contributed by atoms with Crippen molar-refractivity contribution in [2.45, 2.75) is 31.0 Å². The Morgan fingerprint density at radius 2 is 2.19 bits per heavy atom. The van der Waals surface area contributed by atoms with Gasteiger partial charge in [-0.3, -0.25) is 14.5 Å². The number of carbonyl (C=O) groups excluding carboxylic acids is 2. The Bertz CT molecular complexity index is 947. The first kappa shape index (κ1) is 19.5. The summed E-state index contributed by atoms with van der Waals surface area (Å²) < 4.78 is 35.3. The van der Waals surface area contributed by atoms with Gasteiger partial charge in [0.1, 0.15) is 12.4 Å².